The highest BCUT2D eigenvalue weighted by atomic mass is 32.1. The van der Waals surface area contributed by atoms with Crippen LogP contribution in [0.4, 0.5) is 0 Å². The summed E-state index contributed by atoms with van der Waals surface area (Å²) in [7, 11) is 0. The summed E-state index contributed by atoms with van der Waals surface area (Å²) in [4.78, 5) is 25.6. The fourth-order valence-electron chi connectivity index (χ4n) is 1.86. The lowest BCUT2D eigenvalue weighted by Gasteiger charge is -2.03. The van der Waals surface area contributed by atoms with Gasteiger partial charge in [-0.05, 0) is 26.0 Å². The Morgan fingerprint density at radius 3 is 2.86 bits per heavy atom. The second-order valence-corrected chi connectivity index (χ2v) is 5.81. The van der Waals surface area contributed by atoms with Gasteiger partial charge in [-0.1, -0.05) is 0 Å². The standard InChI is InChI=1S/C15H14N4O2S/c1-9-6-17-11(7-16-9)14(20)18-8-13-10(2)19-15(22-13)12-4-3-5-21-12/h3-7H,8H2,1-2H3,(H,18,20). The van der Waals surface area contributed by atoms with Gasteiger partial charge in [-0.3, -0.25) is 9.78 Å². The average Bonchev–Trinajstić information content (AvgIpc) is 3.15. The smallest absolute Gasteiger partial charge is 0.271 e. The molecule has 0 radical (unpaired) electrons. The summed E-state index contributed by atoms with van der Waals surface area (Å²) in [5, 5.41) is 3.64. The maximum Gasteiger partial charge on any atom is 0.271 e. The zero-order chi connectivity index (χ0) is 15.5. The van der Waals surface area contributed by atoms with Crippen LogP contribution in [0.15, 0.2) is 35.2 Å². The van der Waals surface area contributed by atoms with Crippen LogP contribution < -0.4 is 5.32 Å². The van der Waals surface area contributed by atoms with E-state index in [2.05, 4.69) is 20.3 Å². The normalized spacial score (nSPS) is 10.6. The molecule has 0 saturated heterocycles. The van der Waals surface area contributed by atoms with Crippen molar-refractivity contribution in [3.05, 3.63) is 52.7 Å². The highest BCUT2D eigenvalue weighted by Gasteiger charge is 2.13. The molecule has 1 N–H and O–H groups in total. The molecule has 1 amide bonds. The van der Waals surface area contributed by atoms with Crippen LogP contribution in [0, 0.1) is 13.8 Å². The second-order valence-electron chi connectivity index (χ2n) is 4.73. The summed E-state index contributed by atoms with van der Waals surface area (Å²) >= 11 is 1.50. The van der Waals surface area contributed by atoms with E-state index in [4.69, 9.17) is 4.42 Å². The molecule has 0 atom stereocenters. The summed E-state index contributed by atoms with van der Waals surface area (Å²) in [6.45, 7) is 4.14. The van der Waals surface area contributed by atoms with E-state index in [1.807, 2.05) is 26.0 Å². The van der Waals surface area contributed by atoms with Crippen LogP contribution in [0.2, 0.25) is 0 Å². The number of carbonyl (C=O) groups is 1. The second kappa shape index (κ2) is 6.07. The molecule has 3 heterocycles. The van der Waals surface area contributed by atoms with Gasteiger partial charge in [-0.15, -0.1) is 11.3 Å². The zero-order valence-corrected chi connectivity index (χ0v) is 13.0. The molecule has 7 heteroatoms. The Hall–Kier alpha value is -2.54. The molecule has 0 aliphatic carbocycles. The summed E-state index contributed by atoms with van der Waals surface area (Å²) in [5.74, 6) is 0.481. The van der Waals surface area contributed by atoms with Gasteiger partial charge in [0.1, 0.15) is 5.69 Å². The maximum absolute atomic E-state index is 12.0. The number of carbonyl (C=O) groups excluding carboxylic acids is 1. The van der Waals surface area contributed by atoms with Gasteiger partial charge in [-0.2, -0.15) is 0 Å². The third kappa shape index (κ3) is 3.04. The van der Waals surface area contributed by atoms with Crippen molar-refractivity contribution in [1.82, 2.24) is 20.3 Å². The van der Waals surface area contributed by atoms with E-state index < -0.39 is 0 Å². The van der Waals surface area contributed by atoms with Gasteiger partial charge in [0.25, 0.3) is 5.91 Å². The first kappa shape index (κ1) is 14.4. The first-order valence-corrected chi connectivity index (χ1v) is 7.52. The third-order valence-electron chi connectivity index (χ3n) is 3.05. The summed E-state index contributed by atoms with van der Waals surface area (Å²) in [5.41, 5.74) is 1.96. The molecule has 0 unspecified atom stereocenters. The highest BCUT2D eigenvalue weighted by molar-refractivity contribution is 7.15. The molecule has 3 rings (SSSR count). The third-order valence-corrected chi connectivity index (χ3v) is 4.22. The van der Waals surface area contributed by atoms with Crippen LogP contribution in [-0.4, -0.2) is 20.9 Å². The fourth-order valence-corrected chi connectivity index (χ4v) is 2.83. The molecule has 6 nitrogen and oxygen atoms in total. The van der Waals surface area contributed by atoms with Gasteiger partial charge in [0.05, 0.1) is 30.4 Å². The van der Waals surface area contributed by atoms with Gasteiger partial charge in [0.2, 0.25) is 0 Å². The average molecular weight is 314 g/mol. The van der Waals surface area contributed by atoms with Crippen LogP contribution in [0.25, 0.3) is 10.8 Å². The van der Waals surface area contributed by atoms with Crippen LogP contribution in [0.3, 0.4) is 0 Å². The van der Waals surface area contributed by atoms with Crippen molar-refractivity contribution in [3.8, 4) is 10.8 Å². The lowest BCUT2D eigenvalue weighted by Crippen LogP contribution is -2.23. The van der Waals surface area contributed by atoms with E-state index >= 15 is 0 Å². The van der Waals surface area contributed by atoms with Crippen molar-refractivity contribution in [2.24, 2.45) is 0 Å². The van der Waals surface area contributed by atoms with E-state index in [0.717, 1.165) is 27.0 Å². The quantitative estimate of drug-likeness (QED) is 0.801. The topological polar surface area (TPSA) is 80.9 Å². The summed E-state index contributed by atoms with van der Waals surface area (Å²) in [6, 6.07) is 3.69. The minimum absolute atomic E-state index is 0.250. The Labute approximate surface area is 131 Å². The maximum atomic E-state index is 12.0. The number of nitrogens with one attached hydrogen (secondary N) is 1. The molecular formula is C15H14N4O2S. The Kier molecular flexibility index (Phi) is 3.97. The molecule has 3 aromatic rings. The van der Waals surface area contributed by atoms with Crippen LogP contribution >= 0.6 is 11.3 Å². The minimum Gasteiger partial charge on any atom is -0.462 e. The predicted octanol–water partition coefficient (Wildman–Crippen LogP) is 2.74. The van der Waals surface area contributed by atoms with Gasteiger partial charge >= 0.3 is 0 Å². The Morgan fingerprint density at radius 2 is 2.18 bits per heavy atom. The lowest BCUT2D eigenvalue weighted by atomic mass is 10.3. The molecule has 3 aromatic heterocycles. The molecule has 0 spiro atoms. The molecule has 22 heavy (non-hydrogen) atoms. The molecular weight excluding hydrogens is 300 g/mol. The number of nitrogens with zero attached hydrogens (tertiary/aromatic N) is 3. The first-order valence-electron chi connectivity index (χ1n) is 6.70. The van der Waals surface area contributed by atoms with Gasteiger partial charge < -0.3 is 9.73 Å². The molecule has 0 aromatic carbocycles. The number of hydrogen-bond donors (Lipinski definition) is 1. The van der Waals surface area contributed by atoms with E-state index in [9.17, 15) is 4.79 Å². The number of aromatic nitrogens is 3. The zero-order valence-electron chi connectivity index (χ0n) is 12.2. The Bertz CT molecular complexity index is 778. The largest absolute Gasteiger partial charge is 0.462 e. The summed E-state index contributed by atoms with van der Waals surface area (Å²) in [6.07, 6.45) is 4.66. The van der Waals surface area contributed by atoms with Crippen LogP contribution in [0.5, 0.6) is 0 Å². The molecule has 0 fully saturated rings. The van der Waals surface area contributed by atoms with E-state index in [-0.39, 0.29) is 5.91 Å². The van der Waals surface area contributed by atoms with Crippen molar-refractivity contribution >= 4 is 17.2 Å². The van der Waals surface area contributed by atoms with Crippen molar-refractivity contribution in [1.29, 1.82) is 0 Å². The number of hydrogen-bond acceptors (Lipinski definition) is 6. The van der Waals surface area contributed by atoms with Crippen LogP contribution in [0.1, 0.15) is 26.8 Å². The molecule has 0 aliphatic heterocycles. The molecule has 0 saturated carbocycles. The van der Waals surface area contributed by atoms with E-state index in [0.29, 0.717) is 12.2 Å². The molecule has 0 bridgehead atoms. The van der Waals surface area contributed by atoms with Crippen molar-refractivity contribution in [3.63, 3.8) is 0 Å². The highest BCUT2D eigenvalue weighted by Crippen LogP contribution is 2.28. The van der Waals surface area contributed by atoms with Crippen molar-refractivity contribution in [2.45, 2.75) is 20.4 Å². The molecule has 112 valence electrons. The van der Waals surface area contributed by atoms with Gasteiger partial charge in [0, 0.05) is 11.1 Å². The lowest BCUT2D eigenvalue weighted by molar-refractivity contribution is 0.0946. The van der Waals surface area contributed by atoms with Gasteiger partial charge in [-0.25, -0.2) is 9.97 Å². The van der Waals surface area contributed by atoms with E-state index in [1.54, 1.807) is 12.5 Å². The van der Waals surface area contributed by atoms with Crippen molar-refractivity contribution in [2.75, 3.05) is 0 Å². The number of thiazole rings is 1. The number of furan rings is 1. The first-order chi connectivity index (χ1) is 10.6. The number of amides is 1. The minimum atomic E-state index is -0.250. The summed E-state index contributed by atoms with van der Waals surface area (Å²) < 4.78 is 5.34. The number of rotatable bonds is 4. The predicted molar refractivity (Wildman–Crippen MR) is 82.5 cm³/mol. The monoisotopic (exact) mass is 314 g/mol. The fraction of sp³-hybridized carbons (Fsp3) is 0.200. The molecule has 0 aliphatic rings. The number of aryl methyl sites for hydroxylation is 2. The van der Waals surface area contributed by atoms with Gasteiger partial charge in [0.15, 0.2) is 10.8 Å². The SMILES string of the molecule is Cc1cnc(C(=O)NCc2sc(-c3ccco3)nc2C)cn1. The Balaban J connectivity index is 1.69. The Morgan fingerprint density at radius 1 is 1.32 bits per heavy atom. The van der Waals surface area contributed by atoms with Crippen LogP contribution in [-0.2, 0) is 6.54 Å². The van der Waals surface area contributed by atoms with E-state index in [1.165, 1.54) is 17.5 Å². The van der Waals surface area contributed by atoms with Crippen molar-refractivity contribution < 1.29 is 9.21 Å².